The molecule has 3 amide bonds. The molecule has 0 aliphatic carbocycles. The first-order valence-corrected chi connectivity index (χ1v) is 9.34. The number of para-hydroxylation sites is 1. The van der Waals surface area contributed by atoms with Crippen LogP contribution in [0.5, 0.6) is 5.75 Å². The highest BCUT2D eigenvalue weighted by molar-refractivity contribution is 5.95. The standard InChI is InChI=1S/C21H22F3N3O4/c1-2-27(12-19(29)26-17-6-4-3-5-16(17)21(22,23)24)20(30)13-31-15-9-7-14(8-10-15)11-18(25)28/h3-10H,2,11-13H2,1H3,(H2,25,28)(H,26,29). The van der Waals surface area contributed by atoms with Crippen LogP contribution < -0.4 is 15.8 Å². The molecule has 0 aromatic heterocycles. The van der Waals surface area contributed by atoms with E-state index >= 15 is 0 Å². The van der Waals surface area contributed by atoms with Crippen LogP contribution in [-0.4, -0.2) is 42.3 Å². The van der Waals surface area contributed by atoms with Crippen molar-refractivity contribution in [1.82, 2.24) is 4.90 Å². The second kappa shape index (κ2) is 10.5. The molecule has 0 unspecified atom stereocenters. The molecule has 2 aromatic rings. The number of likely N-dealkylation sites (N-methyl/N-ethyl adjacent to an activating group) is 1. The normalized spacial score (nSPS) is 11.0. The van der Waals surface area contributed by atoms with Crippen LogP contribution >= 0.6 is 0 Å². The Morgan fingerprint density at radius 1 is 1.06 bits per heavy atom. The first-order chi connectivity index (χ1) is 14.6. The Labute approximate surface area is 177 Å². The predicted octanol–water partition coefficient (Wildman–Crippen LogP) is 2.60. The molecular formula is C21H22F3N3O4. The summed E-state index contributed by atoms with van der Waals surface area (Å²) < 4.78 is 44.5. The van der Waals surface area contributed by atoms with Crippen LogP contribution in [0, 0.1) is 0 Å². The van der Waals surface area contributed by atoms with Crippen LogP contribution in [0.2, 0.25) is 0 Å². The quantitative estimate of drug-likeness (QED) is 0.630. The third-order valence-electron chi connectivity index (χ3n) is 4.24. The molecule has 31 heavy (non-hydrogen) atoms. The molecule has 2 rings (SSSR count). The van der Waals surface area contributed by atoms with Crippen LogP contribution in [0.25, 0.3) is 0 Å². The summed E-state index contributed by atoms with van der Waals surface area (Å²) in [5, 5.41) is 2.20. The number of nitrogens with one attached hydrogen (secondary N) is 1. The van der Waals surface area contributed by atoms with Gasteiger partial charge in [-0.1, -0.05) is 24.3 Å². The number of carbonyl (C=O) groups excluding carboxylic acids is 3. The zero-order chi connectivity index (χ0) is 23.0. The van der Waals surface area contributed by atoms with E-state index in [4.69, 9.17) is 10.5 Å². The Balaban J connectivity index is 1.93. The molecule has 166 valence electrons. The Bertz CT molecular complexity index is 930. The molecule has 0 radical (unpaired) electrons. The van der Waals surface area contributed by atoms with Gasteiger partial charge in [0.1, 0.15) is 5.75 Å². The van der Waals surface area contributed by atoms with E-state index in [1.807, 2.05) is 0 Å². The van der Waals surface area contributed by atoms with Crippen molar-refractivity contribution < 1.29 is 32.3 Å². The van der Waals surface area contributed by atoms with Gasteiger partial charge in [0.05, 0.1) is 24.2 Å². The van der Waals surface area contributed by atoms with Crippen molar-refractivity contribution >= 4 is 23.4 Å². The third-order valence-corrected chi connectivity index (χ3v) is 4.24. The molecule has 0 heterocycles. The number of alkyl halides is 3. The van der Waals surface area contributed by atoms with Crippen molar-refractivity contribution in [3.8, 4) is 5.75 Å². The fourth-order valence-corrected chi connectivity index (χ4v) is 2.72. The number of primary amides is 1. The monoisotopic (exact) mass is 437 g/mol. The Morgan fingerprint density at radius 2 is 1.71 bits per heavy atom. The van der Waals surface area contributed by atoms with E-state index in [1.54, 1.807) is 31.2 Å². The van der Waals surface area contributed by atoms with E-state index < -0.39 is 36.0 Å². The summed E-state index contributed by atoms with van der Waals surface area (Å²) in [4.78, 5) is 36.6. The van der Waals surface area contributed by atoms with Gasteiger partial charge in [0.15, 0.2) is 6.61 Å². The SMILES string of the molecule is CCN(CC(=O)Nc1ccccc1C(F)(F)F)C(=O)COc1ccc(CC(N)=O)cc1. The molecule has 0 fully saturated rings. The Hall–Kier alpha value is -3.56. The van der Waals surface area contributed by atoms with Gasteiger partial charge in [0.2, 0.25) is 11.8 Å². The van der Waals surface area contributed by atoms with Crippen molar-refractivity contribution in [1.29, 1.82) is 0 Å². The molecule has 0 atom stereocenters. The van der Waals surface area contributed by atoms with Gasteiger partial charge in [-0.2, -0.15) is 13.2 Å². The molecule has 3 N–H and O–H groups in total. The van der Waals surface area contributed by atoms with Crippen molar-refractivity contribution in [2.45, 2.75) is 19.5 Å². The maximum atomic E-state index is 13.0. The molecular weight excluding hydrogens is 415 g/mol. The first-order valence-electron chi connectivity index (χ1n) is 9.34. The van der Waals surface area contributed by atoms with Gasteiger partial charge in [-0.15, -0.1) is 0 Å². The topological polar surface area (TPSA) is 102 Å². The van der Waals surface area contributed by atoms with Crippen molar-refractivity contribution in [2.24, 2.45) is 5.73 Å². The second-order valence-corrected chi connectivity index (χ2v) is 6.58. The number of hydrogen-bond acceptors (Lipinski definition) is 4. The Morgan fingerprint density at radius 3 is 2.29 bits per heavy atom. The van der Waals surface area contributed by atoms with Crippen molar-refractivity contribution in [2.75, 3.05) is 25.0 Å². The lowest BCUT2D eigenvalue weighted by Crippen LogP contribution is -2.40. The van der Waals surface area contributed by atoms with Crippen molar-refractivity contribution in [3.63, 3.8) is 0 Å². The molecule has 0 aliphatic heterocycles. The molecule has 0 bridgehead atoms. The molecule has 0 aliphatic rings. The van der Waals surface area contributed by atoms with E-state index in [0.29, 0.717) is 11.3 Å². The van der Waals surface area contributed by atoms with Crippen LogP contribution in [0.3, 0.4) is 0 Å². The maximum absolute atomic E-state index is 13.0. The maximum Gasteiger partial charge on any atom is 0.418 e. The molecule has 0 saturated carbocycles. The lowest BCUT2D eigenvalue weighted by atomic mass is 10.1. The van der Waals surface area contributed by atoms with E-state index in [9.17, 15) is 27.6 Å². The molecule has 0 saturated heterocycles. The summed E-state index contributed by atoms with van der Waals surface area (Å²) in [6, 6.07) is 11.0. The third kappa shape index (κ3) is 7.32. The number of carbonyl (C=O) groups is 3. The number of anilines is 1. The van der Waals surface area contributed by atoms with E-state index in [2.05, 4.69) is 5.32 Å². The highest BCUT2D eigenvalue weighted by atomic mass is 19.4. The fourth-order valence-electron chi connectivity index (χ4n) is 2.72. The minimum Gasteiger partial charge on any atom is -0.484 e. The summed E-state index contributed by atoms with van der Waals surface area (Å²) in [7, 11) is 0. The zero-order valence-corrected chi connectivity index (χ0v) is 16.7. The lowest BCUT2D eigenvalue weighted by molar-refractivity contribution is -0.138. The summed E-state index contributed by atoms with van der Waals surface area (Å²) in [5.74, 6) is -1.37. The molecule has 0 spiro atoms. The minimum absolute atomic E-state index is 0.0788. The first kappa shape index (κ1) is 23.7. The van der Waals surface area contributed by atoms with Crippen LogP contribution in [-0.2, 0) is 27.0 Å². The largest absolute Gasteiger partial charge is 0.484 e. The zero-order valence-electron chi connectivity index (χ0n) is 16.7. The number of benzene rings is 2. The lowest BCUT2D eigenvalue weighted by Gasteiger charge is -2.21. The number of amides is 3. The summed E-state index contributed by atoms with van der Waals surface area (Å²) >= 11 is 0. The van der Waals surface area contributed by atoms with Crippen LogP contribution in [0.1, 0.15) is 18.1 Å². The number of ether oxygens (including phenoxy) is 1. The van der Waals surface area contributed by atoms with Gasteiger partial charge >= 0.3 is 6.18 Å². The summed E-state index contributed by atoms with van der Waals surface area (Å²) in [5.41, 5.74) is 4.46. The smallest absolute Gasteiger partial charge is 0.418 e. The number of hydrogen-bond donors (Lipinski definition) is 2. The summed E-state index contributed by atoms with van der Waals surface area (Å²) in [6.45, 7) is 0.999. The van der Waals surface area contributed by atoms with Gasteiger partial charge in [-0.05, 0) is 36.8 Å². The van der Waals surface area contributed by atoms with Gasteiger partial charge in [0.25, 0.3) is 5.91 Å². The molecule has 2 aromatic carbocycles. The van der Waals surface area contributed by atoms with Crippen LogP contribution in [0.15, 0.2) is 48.5 Å². The average molecular weight is 437 g/mol. The van der Waals surface area contributed by atoms with E-state index in [1.165, 1.54) is 12.1 Å². The van der Waals surface area contributed by atoms with Gasteiger partial charge < -0.3 is 20.7 Å². The van der Waals surface area contributed by atoms with E-state index in [-0.39, 0.29) is 25.3 Å². The predicted molar refractivity (Wildman–Crippen MR) is 107 cm³/mol. The highest BCUT2D eigenvalue weighted by Gasteiger charge is 2.33. The van der Waals surface area contributed by atoms with Gasteiger partial charge in [-0.25, -0.2) is 0 Å². The van der Waals surface area contributed by atoms with E-state index in [0.717, 1.165) is 17.0 Å². The highest BCUT2D eigenvalue weighted by Crippen LogP contribution is 2.34. The Kier molecular flexibility index (Phi) is 8.00. The molecule has 7 nitrogen and oxygen atoms in total. The summed E-state index contributed by atoms with van der Waals surface area (Å²) in [6.07, 6.45) is -4.54. The fraction of sp³-hybridized carbons (Fsp3) is 0.286. The van der Waals surface area contributed by atoms with Crippen LogP contribution in [0.4, 0.5) is 18.9 Å². The van der Waals surface area contributed by atoms with Gasteiger partial charge in [-0.3, -0.25) is 14.4 Å². The number of halogens is 3. The number of nitrogens with two attached hydrogens (primary N) is 1. The van der Waals surface area contributed by atoms with Crippen molar-refractivity contribution in [3.05, 3.63) is 59.7 Å². The molecule has 10 heteroatoms. The second-order valence-electron chi connectivity index (χ2n) is 6.58. The minimum atomic E-state index is -4.62. The number of rotatable bonds is 9. The number of nitrogens with zero attached hydrogens (tertiary/aromatic N) is 1. The average Bonchev–Trinajstić information content (AvgIpc) is 2.70. The van der Waals surface area contributed by atoms with Gasteiger partial charge in [0, 0.05) is 6.54 Å².